The van der Waals surface area contributed by atoms with Crippen LogP contribution in [-0.4, -0.2) is 6.54 Å². The summed E-state index contributed by atoms with van der Waals surface area (Å²) in [6.07, 6.45) is 5.35. The molecule has 0 aromatic rings. The van der Waals surface area contributed by atoms with Crippen molar-refractivity contribution in [3.05, 3.63) is 12.3 Å². The van der Waals surface area contributed by atoms with Gasteiger partial charge in [-0.2, -0.15) is 0 Å². The highest BCUT2D eigenvalue weighted by molar-refractivity contribution is 4.93. The van der Waals surface area contributed by atoms with E-state index in [9.17, 15) is 0 Å². The first-order valence-electron chi connectivity index (χ1n) is 5.96. The molecule has 1 N–H and O–H groups in total. The molecule has 0 aromatic heterocycles. The van der Waals surface area contributed by atoms with Crippen molar-refractivity contribution in [3.8, 4) is 0 Å². The number of unbranched alkanes of at least 4 members (excludes halogenated alkanes) is 2. The molecule has 0 bridgehead atoms. The first-order valence-corrected chi connectivity index (χ1v) is 5.96. The molecule has 0 aromatic carbocycles. The third-order valence-corrected chi connectivity index (χ3v) is 2.51. The molecule has 0 saturated heterocycles. The summed E-state index contributed by atoms with van der Waals surface area (Å²) >= 11 is 0. The largest absolute Gasteiger partial charge is 0.389 e. The van der Waals surface area contributed by atoms with E-state index in [1.54, 1.807) is 0 Å². The number of hydrogen-bond acceptors (Lipinski definition) is 1. The number of rotatable bonds is 8. The molecule has 0 heterocycles. The van der Waals surface area contributed by atoms with Gasteiger partial charge in [-0.05, 0) is 18.3 Å². The zero-order valence-electron chi connectivity index (χ0n) is 10.4. The normalized spacial score (nSPS) is 11.0. The summed E-state index contributed by atoms with van der Waals surface area (Å²) in [7, 11) is 0. The second-order valence-electron chi connectivity index (χ2n) is 4.85. The topological polar surface area (TPSA) is 12.0 Å². The Balaban J connectivity index is 3.18. The maximum absolute atomic E-state index is 3.99. The Morgan fingerprint density at radius 3 is 2.21 bits per heavy atom. The van der Waals surface area contributed by atoms with Gasteiger partial charge in [-0.1, -0.05) is 53.5 Å². The summed E-state index contributed by atoms with van der Waals surface area (Å²) in [6, 6.07) is 0. The molecule has 0 unspecified atom stereocenters. The monoisotopic (exact) mass is 197 g/mol. The van der Waals surface area contributed by atoms with Crippen LogP contribution in [0.4, 0.5) is 0 Å². The standard InChI is InChI=1S/C13H27N/c1-11(2)9-7-6-8-10-14-13(5)12(3)4/h11-12,14H,5-10H2,1-4H3. The number of allylic oxidation sites excluding steroid dienone is 1. The summed E-state index contributed by atoms with van der Waals surface area (Å²) in [5.74, 6) is 1.42. The Labute approximate surface area is 90.0 Å². The van der Waals surface area contributed by atoms with Crippen molar-refractivity contribution in [1.82, 2.24) is 5.32 Å². The molecular formula is C13H27N. The Morgan fingerprint density at radius 2 is 1.71 bits per heavy atom. The van der Waals surface area contributed by atoms with Gasteiger partial charge >= 0.3 is 0 Å². The maximum Gasteiger partial charge on any atom is 0.0143 e. The molecule has 0 aliphatic heterocycles. The lowest BCUT2D eigenvalue weighted by Crippen LogP contribution is -2.17. The summed E-state index contributed by atoms with van der Waals surface area (Å²) in [5.41, 5.74) is 1.17. The van der Waals surface area contributed by atoms with Crippen LogP contribution in [0.5, 0.6) is 0 Å². The lowest BCUT2D eigenvalue weighted by Gasteiger charge is -2.12. The lowest BCUT2D eigenvalue weighted by atomic mass is 10.1. The van der Waals surface area contributed by atoms with Crippen molar-refractivity contribution in [1.29, 1.82) is 0 Å². The molecule has 0 aliphatic rings. The predicted octanol–water partition coefficient (Wildman–Crippen LogP) is 3.96. The summed E-state index contributed by atoms with van der Waals surface area (Å²) < 4.78 is 0. The van der Waals surface area contributed by atoms with Crippen LogP contribution in [0.3, 0.4) is 0 Å². The highest BCUT2D eigenvalue weighted by Gasteiger charge is 1.98. The van der Waals surface area contributed by atoms with Crippen molar-refractivity contribution in [2.24, 2.45) is 11.8 Å². The van der Waals surface area contributed by atoms with Gasteiger partial charge in [0.25, 0.3) is 0 Å². The molecule has 0 fully saturated rings. The summed E-state index contributed by atoms with van der Waals surface area (Å²) in [6.45, 7) is 14.0. The minimum atomic E-state index is 0.561. The second-order valence-corrected chi connectivity index (χ2v) is 4.85. The Kier molecular flexibility index (Phi) is 7.64. The van der Waals surface area contributed by atoms with Gasteiger partial charge in [0.2, 0.25) is 0 Å². The lowest BCUT2D eigenvalue weighted by molar-refractivity contribution is 0.518. The fourth-order valence-corrected chi connectivity index (χ4v) is 1.31. The highest BCUT2D eigenvalue weighted by atomic mass is 14.9. The smallest absolute Gasteiger partial charge is 0.0143 e. The minimum absolute atomic E-state index is 0.561. The molecule has 14 heavy (non-hydrogen) atoms. The van der Waals surface area contributed by atoms with E-state index in [1.807, 2.05) is 0 Å². The molecule has 0 aliphatic carbocycles. The first-order chi connectivity index (χ1) is 6.54. The van der Waals surface area contributed by atoms with E-state index < -0.39 is 0 Å². The third-order valence-electron chi connectivity index (χ3n) is 2.51. The van der Waals surface area contributed by atoms with E-state index in [4.69, 9.17) is 0 Å². The van der Waals surface area contributed by atoms with Crippen LogP contribution in [0.2, 0.25) is 0 Å². The number of nitrogens with one attached hydrogen (secondary N) is 1. The SMILES string of the molecule is C=C(NCCCCCC(C)C)C(C)C. The first kappa shape index (κ1) is 13.5. The van der Waals surface area contributed by atoms with Gasteiger partial charge in [-0.25, -0.2) is 0 Å². The molecule has 0 atom stereocenters. The van der Waals surface area contributed by atoms with Crippen LogP contribution in [0.15, 0.2) is 12.3 Å². The molecule has 84 valence electrons. The molecule has 0 rings (SSSR count). The van der Waals surface area contributed by atoms with E-state index in [2.05, 4.69) is 39.6 Å². The zero-order valence-corrected chi connectivity index (χ0v) is 10.4. The van der Waals surface area contributed by atoms with Crippen LogP contribution < -0.4 is 5.32 Å². The summed E-state index contributed by atoms with van der Waals surface area (Å²) in [5, 5.41) is 3.38. The second kappa shape index (κ2) is 7.90. The minimum Gasteiger partial charge on any atom is -0.389 e. The quantitative estimate of drug-likeness (QED) is 0.581. The Morgan fingerprint density at radius 1 is 1.07 bits per heavy atom. The van der Waals surface area contributed by atoms with Gasteiger partial charge in [0.1, 0.15) is 0 Å². The van der Waals surface area contributed by atoms with Crippen LogP contribution in [0.25, 0.3) is 0 Å². The van der Waals surface area contributed by atoms with E-state index in [0.29, 0.717) is 5.92 Å². The predicted molar refractivity (Wildman–Crippen MR) is 65.3 cm³/mol. The van der Waals surface area contributed by atoms with Crippen molar-refractivity contribution in [2.75, 3.05) is 6.54 Å². The molecule has 0 spiro atoms. The van der Waals surface area contributed by atoms with Crippen molar-refractivity contribution >= 4 is 0 Å². The zero-order chi connectivity index (χ0) is 11.0. The van der Waals surface area contributed by atoms with Gasteiger partial charge in [0.05, 0.1) is 0 Å². The number of hydrogen-bond donors (Lipinski definition) is 1. The van der Waals surface area contributed by atoms with Gasteiger partial charge in [-0.3, -0.25) is 0 Å². The molecule has 0 amide bonds. The van der Waals surface area contributed by atoms with Crippen molar-refractivity contribution in [2.45, 2.75) is 53.4 Å². The van der Waals surface area contributed by atoms with Crippen molar-refractivity contribution < 1.29 is 0 Å². The molecular weight excluding hydrogens is 170 g/mol. The Bertz CT molecular complexity index is 147. The van der Waals surface area contributed by atoms with Crippen LogP contribution >= 0.6 is 0 Å². The fourth-order valence-electron chi connectivity index (χ4n) is 1.31. The fraction of sp³-hybridized carbons (Fsp3) is 0.846. The third kappa shape index (κ3) is 8.15. The van der Waals surface area contributed by atoms with Crippen LogP contribution in [0.1, 0.15) is 53.4 Å². The Hall–Kier alpha value is -0.460. The maximum atomic E-state index is 3.99. The van der Waals surface area contributed by atoms with Gasteiger partial charge in [0.15, 0.2) is 0 Å². The summed E-state index contributed by atoms with van der Waals surface area (Å²) in [4.78, 5) is 0. The average Bonchev–Trinajstić information content (AvgIpc) is 2.09. The van der Waals surface area contributed by atoms with E-state index in [0.717, 1.165) is 12.5 Å². The van der Waals surface area contributed by atoms with Crippen molar-refractivity contribution in [3.63, 3.8) is 0 Å². The molecule has 0 radical (unpaired) electrons. The van der Waals surface area contributed by atoms with E-state index >= 15 is 0 Å². The molecule has 1 nitrogen and oxygen atoms in total. The molecule has 0 saturated carbocycles. The van der Waals surface area contributed by atoms with Crippen LogP contribution in [0, 0.1) is 11.8 Å². The van der Waals surface area contributed by atoms with Gasteiger partial charge < -0.3 is 5.32 Å². The molecule has 1 heteroatoms. The van der Waals surface area contributed by atoms with Crippen LogP contribution in [-0.2, 0) is 0 Å². The van der Waals surface area contributed by atoms with E-state index in [-0.39, 0.29) is 0 Å². The highest BCUT2D eigenvalue weighted by Crippen LogP contribution is 2.08. The van der Waals surface area contributed by atoms with Gasteiger partial charge in [-0.15, -0.1) is 0 Å². The van der Waals surface area contributed by atoms with Gasteiger partial charge in [0, 0.05) is 12.2 Å². The van der Waals surface area contributed by atoms with E-state index in [1.165, 1.54) is 31.4 Å². The average molecular weight is 197 g/mol.